The van der Waals surface area contributed by atoms with Crippen molar-refractivity contribution in [2.75, 3.05) is 23.7 Å². The lowest BCUT2D eigenvalue weighted by atomic mass is 10.3. The van der Waals surface area contributed by atoms with E-state index in [9.17, 15) is 9.18 Å². The van der Waals surface area contributed by atoms with Crippen LogP contribution in [0.2, 0.25) is 15.1 Å². The van der Waals surface area contributed by atoms with E-state index in [4.69, 9.17) is 34.8 Å². The molecular formula is C15H14Cl3FN4O. The molecule has 0 aliphatic carbocycles. The minimum Gasteiger partial charge on any atom is -0.382 e. The summed E-state index contributed by atoms with van der Waals surface area (Å²) in [6.07, 6.45) is 3.64. The van der Waals surface area contributed by atoms with Gasteiger partial charge >= 0.3 is 6.03 Å². The molecule has 0 fully saturated rings. The summed E-state index contributed by atoms with van der Waals surface area (Å²) in [7, 11) is 0. The van der Waals surface area contributed by atoms with Gasteiger partial charge in [-0.2, -0.15) is 0 Å². The van der Waals surface area contributed by atoms with Crippen molar-refractivity contribution in [3.05, 3.63) is 51.5 Å². The second kappa shape index (κ2) is 8.92. The fourth-order valence-electron chi connectivity index (χ4n) is 1.83. The first kappa shape index (κ1) is 18.6. The first-order valence-corrected chi connectivity index (χ1v) is 8.13. The third kappa shape index (κ3) is 5.40. The van der Waals surface area contributed by atoms with Gasteiger partial charge in [-0.3, -0.25) is 4.98 Å². The van der Waals surface area contributed by atoms with Crippen LogP contribution in [0.4, 0.5) is 20.6 Å². The number of urea groups is 1. The number of carbonyl (C=O) groups is 1. The SMILES string of the molecule is O=C(NCCCNc1c(Cl)cncc1Cl)Nc1ccc(F)c(Cl)c1. The second-order valence-corrected chi connectivity index (χ2v) is 5.99. The minimum atomic E-state index is -0.540. The van der Waals surface area contributed by atoms with Gasteiger partial charge in [-0.25, -0.2) is 9.18 Å². The van der Waals surface area contributed by atoms with Gasteiger partial charge in [0.1, 0.15) is 5.82 Å². The van der Waals surface area contributed by atoms with Crippen molar-refractivity contribution < 1.29 is 9.18 Å². The van der Waals surface area contributed by atoms with Gasteiger partial charge in [0.05, 0.1) is 20.8 Å². The highest BCUT2D eigenvalue weighted by molar-refractivity contribution is 6.38. The molecule has 0 saturated carbocycles. The van der Waals surface area contributed by atoms with Crippen molar-refractivity contribution in [1.29, 1.82) is 0 Å². The van der Waals surface area contributed by atoms with Gasteiger partial charge in [0, 0.05) is 31.2 Å². The third-order valence-corrected chi connectivity index (χ3v) is 3.83. The Labute approximate surface area is 153 Å². The molecule has 0 atom stereocenters. The Hall–Kier alpha value is -1.76. The maximum absolute atomic E-state index is 13.0. The van der Waals surface area contributed by atoms with Crippen molar-refractivity contribution in [3.8, 4) is 0 Å². The van der Waals surface area contributed by atoms with Gasteiger partial charge in [-0.05, 0) is 24.6 Å². The minimum absolute atomic E-state index is 0.0527. The first-order valence-electron chi connectivity index (χ1n) is 7.00. The van der Waals surface area contributed by atoms with Crippen molar-refractivity contribution >= 4 is 52.2 Å². The number of pyridine rings is 1. The highest BCUT2D eigenvalue weighted by Crippen LogP contribution is 2.28. The first-order chi connectivity index (χ1) is 11.5. The quantitative estimate of drug-likeness (QED) is 0.619. The topological polar surface area (TPSA) is 66.0 Å². The summed E-state index contributed by atoms with van der Waals surface area (Å²) < 4.78 is 13.0. The number of benzene rings is 1. The van der Waals surface area contributed by atoms with Crippen molar-refractivity contribution in [2.45, 2.75) is 6.42 Å². The molecule has 1 heterocycles. The zero-order valence-corrected chi connectivity index (χ0v) is 14.6. The van der Waals surface area contributed by atoms with Crippen LogP contribution >= 0.6 is 34.8 Å². The van der Waals surface area contributed by atoms with Crippen LogP contribution in [-0.2, 0) is 0 Å². The zero-order valence-electron chi connectivity index (χ0n) is 12.4. The average Bonchev–Trinajstić information content (AvgIpc) is 2.53. The Balaban J connectivity index is 1.70. The summed E-state index contributed by atoms with van der Waals surface area (Å²) in [5, 5.41) is 9.13. The number of hydrogen-bond donors (Lipinski definition) is 3. The van der Waals surface area contributed by atoms with E-state index in [-0.39, 0.29) is 5.02 Å². The van der Waals surface area contributed by atoms with Crippen molar-refractivity contribution in [1.82, 2.24) is 10.3 Å². The van der Waals surface area contributed by atoms with Crippen LogP contribution in [-0.4, -0.2) is 24.1 Å². The Morgan fingerprint density at radius 2 is 1.79 bits per heavy atom. The second-order valence-electron chi connectivity index (χ2n) is 4.77. The molecule has 0 saturated heterocycles. The predicted octanol–water partition coefficient (Wildman–Crippen LogP) is 4.80. The summed E-state index contributed by atoms with van der Waals surface area (Å²) in [6.45, 7) is 0.986. The molecule has 1 aromatic heterocycles. The summed E-state index contributed by atoms with van der Waals surface area (Å²) >= 11 is 17.6. The van der Waals surface area contributed by atoms with E-state index in [1.165, 1.54) is 30.6 Å². The van der Waals surface area contributed by atoms with Crippen LogP contribution in [0.1, 0.15) is 6.42 Å². The number of nitrogens with zero attached hydrogens (tertiary/aromatic N) is 1. The standard InChI is InChI=1S/C15H14Cl3FN4O/c16-10-6-9(2-3-13(10)19)23-15(24)22-5-1-4-21-14-11(17)7-20-8-12(14)18/h2-3,6-8H,1,4-5H2,(H,20,21)(H2,22,23,24). The van der Waals surface area contributed by atoms with E-state index in [1.54, 1.807) is 0 Å². The Bertz CT molecular complexity index is 710. The molecule has 2 aromatic rings. The van der Waals surface area contributed by atoms with E-state index in [2.05, 4.69) is 20.9 Å². The number of nitrogens with one attached hydrogen (secondary N) is 3. The van der Waals surface area contributed by atoms with Gasteiger partial charge < -0.3 is 16.0 Å². The van der Waals surface area contributed by atoms with Gasteiger partial charge in [-0.1, -0.05) is 34.8 Å². The molecule has 128 valence electrons. The van der Waals surface area contributed by atoms with Crippen LogP contribution in [0.15, 0.2) is 30.6 Å². The van der Waals surface area contributed by atoms with Gasteiger partial charge in [-0.15, -0.1) is 0 Å². The molecule has 0 aliphatic rings. The molecule has 0 radical (unpaired) electrons. The number of aromatic nitrogens is 1. The normalized spacial score (nSPS) is 10.3. The fraction of sp³-hybridized carbons (Fsp3) is 0.200. The van der Waals surface area contributed by atoms with Crippen LogP contribution in [0.25, 0.3) is 0 Å². The lowest BCUT2D eigenvalue weighted by molar-refractivity contribution is 0.252. The molecule has 9 heteroatoms. The lowest BCUT2D eigenvalue weighted by Gasteiger charge is -2.11. The summed E-state index contributed by atoms with van der Waals surface area (Å²) in [5.74, 6) is -0.540. The maximum Gasteiger partial charge on any atom is 0.319 e. The lowest BCUT2D eigenvalue weighted by Crippen LogP contribution is -2.30. The zero-order chi connectivity index (χ0) is 17.5. The highest BCUT2D eigenvalue weighted by atomic mass is 35.5. The van der Waals surface area contributed by atoms with Crippen LogP contribution in [0.3, 0.4) is 0 Å². The largest absolute Gasteiger partial charge is 0.382 e. The molecule has 5 nitrogen and oxygen atoms in total. The maximum atomic E-state index is 13.0. The average molecular weight is 392 g/mol. The van der Waals surface area contributed by atoms with Gasteiger partial charge in [0.25, 0.3) is 0 Å². The monoisotopic (exact) mass is 390 g/mol. The number of rotatable bonds is 6. The molecule has 24 heavy (non-hydrogen) atoms. The van der Waals surface area contributed by atoms with Crippen molar-refractivity contribution in [3.63, 3.8) is 0 Å². The molecular weight excluding hydrogens is 378 g/mol. The van der Waals surface area contributed by atoms with E-state index in [0.29, 0.717) is 40.9 Å². The van der Waals surface area contributed by atoms with Crippen LogP contribution in [0, 0.1) is 5.82 Å². The van der Waals surface area contributed by atoms with Gasteiger partial charge in [0.2, 0.25) is 0 Å². The predicted molar refractivity (Wildman–Crippen MR) is 95.8 cm³/mol. The van der Waals surface area contributed by atoms with Crippen LogP contribution < -0.4 is 16.0 Å². The summed E-state index contributed by atoms with van der Waals surface area (Å²) in [6, 6.07) is 3.54. The Morgan fingerprint density at radius 3 is 2.46 bits per heavy atom. The Morgan fingerprint density at radius 1 is 1.08 bits per heavy atom. The molecule has 0 bridgehead atoms. The molecule has 0 unspecified atom stereocenters. The molecule has 2 amide bonds. The van der Waals surface area contributed by atoms with E-state index in [1.807, 2.05) is 0 Å². The Kier molecular flexibility index (Phi) is 6.90. The van der Waals surface area contributed by atoms with Crippen molar-refractivity contribution in [2.24, 2.45) is 0 Å². The van der Waals surface area contributed by atoms with Gasteiger partial charge in [0.15, 0.2) is 0 Å². The number of amides is 2. The molecule has 3 N–H and O–H groups in total. The number of halogens is 4. The summed E-state index contributed by atoms with van der Waals surface area (Å²) in [4.78, 5) is 15.6. The fourth-order valence-corrected chi connectivity index (χ4v) is 2.51. The van der Waals surface area contributed by atoms with E-state index in [0.717, 1.165) is 0 Å². The highest BCUT2D eigenvalue weighted by Gasteiger charge is 2.06. The van der Waals surface area contributed by atoms with E-state index >= 15 is 0 Å². The van der Waals surface area contributed by atoms with E-state index < -0.39 is 11.8 Å². The molecule has 0 spiro atoms. The smallest absolute Gasteiger partial charge is 0.319 e. The van der Waals surface area contributed by atoms with Crippen LogP contribution in [0.5, 0.6) is 0 Å². The molecule has 2 rings (SSSR count). The molecule has 0 aliphatic heterocycles. The molecule has 1 aromatic carbocycles. The number of carbonyl (C=O) groups excluding carboxylic acids is 1. The number of hydrogen-bond acceptors (Lipinski definition) is 3. The summed E-state index contributed by atoms with van der Waals surface area (Å²) in [5.41, 5.74) is 1.02. The number of anilines is 2. The third-order valence-electron chi connectivity index (χ3n) is 2.97.